The summed E-state index contributed by atoms with van der Waals surface area (Å²) < 4.78 is 2.04. The molecule has 0 saturated carbocycles. The number of benzene rings is 3. The molecule has 2 heterocycles. The van der Waals surface area contributed by atoms with Gasteiger partial charge >= 0.3 is 237 Å². The van der Waals surface area contributed by atoms with Gasteiger partial charge in [0.2, 0.25) is 0 Å². The number of rotatable bonds is 4. The molecule has 0 amide bonds. The van der Waals surface area contributed by atoms with Crippen LogP contribution >= 0.6 is 0 Å². The summed E-state index contributed by atoms with van der Waals surface area (Å²) in [6.45, 7) is 7.22. The first-order chi connectivity index (χ1) is 18.5. The van der Waals surface area contributed by atoms with Crippen molar-refractivity contribution in [2.45, 2.75) is 37.7 Å². The molecule has 3 aromatic carbocycles. The summed E-state index contributed by atoms with van der Waals surface area (Å²) in [6, 6.07) is 25.3. The Hall–Kier alpha value is -2.99. The van der Waals surface area contributed by atoms with E-state index in [1.165, 1.54) is 60.9 Å². The number of hydrogen-bond donors (Lipinski definition) is 2. The maximum absolute atomic E-state index is 6.33. The zero-order valence-corrected chi connectivity index (χ0v) is 24.3. The van der Waals surface area contributed by atoms with Crippen LogP contribution in [0.4, 0.5) is 11.4 Å². The van der Waals surface area contributed by atoms with Gasteiger partial charge in [-0.1, -0.05) is 0 Å². The molecule has 0 saturated heterocycles. The second kappa shape index (κ2) is 9.33. The van der Waals surface area contributed by atoms with Crippen molar-refractivity contribution in [3.8, 4) is 0 Å². The number of nitrogens with one attached hydrogen (secondary N) is 1. The van der Waals surface area contributed by atoms with Crippen LogP contribution in [0.15, 0.2) is 113 Å². The van der Waals surface area contributed by atoms with Crippen molar-refractivity contribution < 1.29 is 26.1 Å². The second-order valence-electron chi connectivity index (χ2n) is 11.1. The molecule has 190 valence electrons. The van der Waals surface area contributed by atoms with Crippen LogP contribution in [0.2, 0.25) is 0 Å². The Morgan fingerprint density at radius 3 is 2.63 bits per heavy atom. The normalized spacial score (nSPS) is 23.9. The first-order valence-electron chi connectivity index (χ1n) is 13.6. The molecule has 0 radical (unpaired) electrons. The Morgan fingerprint density at radius 1 is 1.03 bits per heavy atom. The predicted octanol–water partition coefficient (Wildman–Crippen LogP) is 3.99. The van der Waals surface area contributed by atoms with Crippen LogP contribution in [0.1, 0.15) is 53.4 Å². The molecular weight excluding hydrogens is 575 g/mol. The number of hydrogen-bond acceptors (Lipinski definition) is 1. The number of fused-ring (bicyclic) bond motifs is 4. The van der Waals surface area contributed by atoms with Crippen LogP contribution < -0.4 is 31.8 Å². The minimum absolute atomic E-state index is 0.221. The molecule has 7 rings (SSSR count). The molecule has 3 heteroatoms. The van der Waals surface area contributed by atoms with Crippen LogP contribution in [-0.2, 0) is 6.54 Å². The summed E-state index contributed by atoms with van der Waals surface area (Å²) in [6.07, 6.45) is 10.5. The van der Waals surface area contributed by atoms with E-state index in [0.717, 1.165) is 6.42 Å². The molecule has 0 fully saturated rings. The van der Waals surface area contributed by atoms with Crippen LogP contribution in [0.25, 0.3) is 11.1 Å². The first-order valence-corrected chi connectivity index (χ1v) is 15.9. The SMILES string of the molecule is CC(C)=CC=C1C2=C1[NH+](c1cc(CN)cc(C3[I-]c4ccccc4C4=C3C=CC(C)C4)c1)c1ccccc12. The minimum atomic E-state index is -0.221. The monoisotopic (exact) mass is 608 g/mol. The number of nitrogens with two attached hydrogens (primary N) is 1. The van der Waals surface area contributed by atoms with Gasteiger partial charge in [-0.2, -0.15) is 0 Å². The Morgan fingerprint density at radius 2 is 1.82 bits per heavy atom. The van der Waals surface area contributed by atoms with Gasteiger partial charge in [0.1, 0.15) is 0 Å². The zero-order valence-electron chi connectivity index (χ0n) is 22.2. The zero-order chi connectivity index (χ0) is 26.0. The van der Waals surface area contributed by atoms with Gasteiger partial charge < -0.3 is 0 Å². The number of halogens is 1. The number of allylic oxidation sites excluding steroid dienone is 9. The van der Waals surface area contributed by atoms with Crippen molar-refractivity contribution in [3.05, 3.63) is 139 Å². The summed E-state index contributed by atoms with van der Waals surface area (Å²) in [4.78, 5) is 1.39. The fourth-order valence-corrected chi connectivity index (χ4v) is 9.80. The number of alkyl halides is 1. The van der Waals surface area contributed by atoms with Crippen molar-refractivity contribution in [3.63, 3.8) is 0 Å². The van der Waals surface area contributed by atoms with Gasteiger partial charge in [0.05, 0.1) is 0 Å². The van der Waals surface area contributed by atoms with E-state index in [2.05, 4.69) is 112 Å². The standard InChI is InChI=1S/C35H32IN2/c1-21(2)12-14-29-33-28-9-5-7-11-32(28)38(35(29)33)25-18-23(20-37)17-24(19-25)34-27-15-13-22(3)16-30(27)26-8-4-6-10-31(26)36-34/h4-15,17-19,22,34H,16,20,37H2,1-3H3/q-1/p+1. The number of quaternary nitrogens is 1. The molecule has 2 nitrogen and oxygen atoms in total. The topological polar surface area (TPSA) is 30.5 Å². The molecule has 2 aliphatic carbocycles. The fraction of sp³-hybridized carbons (Fsp3) is 0.200. The third kappa shape index (κ3) is 3.91. The third-order valence-electron chi connectivity index (χ3n) is 8.03. The van der Waals surface area contributed by atoms with E-state index in [9.17, 15) is 0 Å². The summed E-state index contributed by atoms with van der Waals surface area (Å²) >= 11 is -0.221. The van der Waals surface area contributed by atoms with E-state index in [1.54, 1.807) is 14.7 Å². The van der Waals surface area contributed by atoms with E-state index >= 15 is 0 Å². The molecule has 3 aromatic rings. The molecule has 0 aromatic heterocycles. The average molecular weight is 609 g/mol. The van der Waals surface area contributed by atoms with Crippen molar-refractivity contribution >= 4 is 22.5 Å². The van der Waals surface area contributed by atoms with Crippen LogP contribution in [0.5, 0.6) is 0 Å². The Bertz CT molecular complexity index is 1640. The predicted molar refractivity (Wildman–Crippen MR) is 153 cm³/mol. The van der Waals surface area contributed by atoms with Gasteiger partial charge in [-0.05, 0) is 0 Å². The summed E-state index contributed by atoms with van der Waals surface area (Å²) in [5, 5.41) is 0. The third-order valence-corrected chi connectivity index (χ3v) is 11.7. The second-order valence-corrected chi connectivity index (χ2v) is 14.1. The summed E-state index contributed by atoms with van der Waals surface area (Å²) in [7, 11) is 0. The van der Waals surface area contributed by atoms with Crippen molar-refractivity contribution in [2.24, 2.45) is 11.7 Å². The maximum atomic E-state index is 6.33. The van der Waals surface area contributed by atoms with E-state index in [0.29, 0.717) is 16.4 Å². The Labute approximate surface area is 236 Å². The molecule has 2 aliphatic heterocycles. The molecule has 3 unspecified atom stereocenters. The number of para-hydroxylation sites is 1. The van der Waals surface area contributed by atoms with Crippen molar-refractivity contribution in [1.29, 1.82) is 0 Å². The van der Waals surface area contributed by atoms with Gasteiger partial charge in [0.25, 0.3) is 0 Å². The Kier molecular flexibility index (Phi) is 5.91. The van der Waals surface area contributed by atoms with Gasteiger partial charge in [-0.3, -0.25) is 0 Å². The van der Waals surface area contributed by atoms with Crippen molar-refractivity contribution in [2.75, 3.05) is 0 Å². The molecular formula is C35H33IN2. The Balaban J connectivity index is 1.36. The summed E-state index contributed by atoms with van der Waals surface area (Å²) in [5.41, 5.74) is 23.2. The van der Waals surface area contributed by atoms with Gasteiger partial charge in [0, 0.05) is 0 Å². The molecule has 3 N–H and O–H groups in total. The quantitative estimate of drug-likeness (QED) is 0.341. The summed E-state index contributed by atoms with van der Waals surface area (Å²) in [5.74, 6) is 0.585. The van der Waals surface area contributed by atoms with E-state index in [-0.39, 0.29) is 21.2 Å². The molecule has 4 aliphatic rings. The van der Waals surface area contributed by atoms with Gasteiger partial charge in [-0.15, -0.1) is 0 Å². The fourth-order valence-electron chi connectivity index (χ4n) is 6.24. The molecule has 0 spiro atoms. The van der Waals surface area contributed by atoms with Crippen LogP contribution in [0, 0.1) is 9.49 Å². The van der Waals surface area contributed by atoms with Crippen molar-refractivity contribution in [1.82, 2.24) is 0 Å². The van der Waals surface area contributed by atoms with E-state index in [1.807, 2.05) is 0 Å². The van der Waals surface area contributed by atoms with E-state index in [4.69, 9.17) is 5.73 Å². The molecule has 3 atom stereocenters. The average Bonchev–Trinajstić information content (AvgIpc) is 3.53. The van der Waals surface area contributed by atoms with Crippen LogP contribution in [-0.4, -0.2) is 0 Å². The molecule has 38 heavy (non-hydrogen) atoms. The van der Waals surface area contributed by atoms with Gasteiger partial charge in [0.15, 0.2) is 0 Å². The first kappa shape index (κ1) is 24.1. The van der Waals surface area contributed by atoms with E-state index < -0.39 is 0 Å². The van der Waals surface area contributed by atoms with Crippen LogP contribution in [0.3, 0.4) is 0 Å². The van der Waals surface area contributed by atoms with Gasteiger partial charge in [-0.25, -0.2) is 0 Å². The molecule has 0 bridgehead atoms.